The molecule has 0 N–H and O–H groups in total. The van der Waals surface area contributed by atoms with E-state index in [-0.39, 0.29) is 6.29 Å². The van der Waals surface area contributed by atoms with Gasteiger partial charge in [-0.25, -0.2) is 4.98 Å². The SMILES string of the molecule is COC(OC)c1nc(Br)cs1. The predicted octanol–water partition coefficient (Wildman–Crippen LogP) is 2.20. The predicted molar refractivity (Wildman–Crippen MR) is 46.6 cm³/mol. The topological polar surface area (TPSA) is 31.4 Å². The molecule has 62 valence electrons. The molecule has 0 aliphatic heterocycles. The summed E-state index contributed by atoms with van der Waals surface area (Å²) in [7, 11) is 3.17. The summed E-state index contributed by atoms with van der Waals surface area (Å²) in [6, 6.07) is 0. The van der Waals surface area contributed by atoms with E-state index < -0.39 is 0 Å². The molecule has 0 aliphatic rings. The van der Waals surface area contributed by atoms with E-state index in [1.54, 1.807) is 14.2 Å². The van der Waals surface area contributed by atoms with Crippen molar-refractivity contribution in [2.24, 2.45) is 0 Å². The second-order valence-corrected chi connectivity index (χ2v) is 3.51. The molecule has 0 unspecified atom stereocenters. The molecule has 0 aliphatic carbocycles. The standard InChI is InChI=1S/C6H8BrNO2S/c1-9-6(10-2)5-8-4(7)3-11-5/h3,6H,1-2H3. The number of hydrogen-bond donors (Lipinski definition) is 0. The highest BCUT2D eigenvalue weighted by molar-refractivity contribution is 9.10. The minimum atomic E-state index is -0.341. The van der Waals surface area contributed by atoms with Crippen LogP contribution in [0.25, 0.3) is 0 Å². The number of nitrogens with zero attached hydrogens (tertiary/aromatic N) is 1. The Kier molecular flexibility index (Phi) is 3.45. The van der Waals surface area contributed by atoms with Crippen LogP contribution in [0.15, 0.2) is 9.98 Å². The zero-order chi connectivity index (χ0) is 8.27. The molecule has 0 radical (unpaired) electrons. The normalized spacial score (nSPS) is 10.9. The number of thiazole rings is 1. The van der Waals surface area contributed by atoms with Crippen molar-refractivity contribution in [2.75, 3.05) is 14.2 Å². The van der Waals surface area contributed by atoms with Crippen LogP contribution >= 0.6 is 27.3 Å². The zero-order valence-corrected chi connectivity index (χ0v) is 8.61. The summed E-state index contributed by atoms with van der Waals surface area (Å²) >= 11 is 4.75. The third-order valence-corrected chi connectivity index (χ3v) is 2.70. The fourth-order valence-corrected chi connectivity index (χ4v) is 1.99. The molecule has 0 atom stereocenters. The van der Waals surface area contributed by atoms with Crippen molar-refractivity contribution < 1.29 is 9.47 Å². The molecule has 0 spiro atoms. The number of halogens is 1. The van der Waals surface area contributed by atoms with E-state index in [9.17, 15) is 0 Å². The Hall–Kier alpha value is 0.0300. The van der Waals surface area contributed by atoms with Gasteiger partial charge in [0, 0.05) is 19.6 Å². The van der Waals surface area contributed by atoms with E-state index in [0.717, 1.165) is 9.61 Å². The van der Waals surface area contributed by atoms with Gasteiger partial charge in [-0.2, -0.15) is 0 Å². The largest absolute Gasteiger partial charge is 0.350 e. The van der Waals surface area contributed by atoms with Gasteiger partial charge >= 0.3 is 0 Å². The zero-order valence-electron chi connectivity index (χ0n) is 6.20. The van der Waals surface area contributed by atoms with Crippen molar-refractivity contribution in [3.8, 4) is 0 Å². The molecule has 1 aromatic heterocycles. The van der Waals surface area contributed by atoms with Gasteiger partial charge in [0.05, 0.1) is 0 Å². The lowest BCUT2D eigenvalue weighted by Gasteiger charge is -2.08. The maximum atomic E-state index is 5.00. The third-order valence-electron chi connectivity index (χ3n) is 1.12. The summed E-state index contributed by atoms with van der Waals surface area (Å²) in [6.07, 6.45) is -0.341. The molecule has 0 amide bonds. The minimum Gasteiger partial charge on any atom is -0.350 e. The Labute approximate surface area is 77.5 Å². The van der Waals surface area contributed by atoms with Gasteiger partial charge in [-0.15, -0.1) is 11.3 Å². The van der Waals surface area contributed by atoms with Crippen LogP contribution in [0, 0.1) is 0 Å². The van der Waals surface area contributed by atoms with E-state index in [2.05, 4.69) is 20.9 Å². The Bertz CT molecular complexity index is 224. The van der Waals surface area contributed by atoms with Crippen molar-refractivity contribution in [3.63, 3.8) is 0 Å². The van der Waals surface area contributed by atoms with Crippen molar-refractivity contribution in [1.29, 1.82) is 0 Å². The second-order valence-electron chi connectivity index (χ2n) is 1.81. The molecular weight excluding hydrogens is 230 g/mol. The van der Waals surface area contributed by atoms with Crippen molar-refractivity contribution >= 4 is 27.3 Å². The van der Waals surface area contributed by atoms with Crippen LogP contribution in [-0.2, 0) is 9.47 Å². The van der Waals surface area contributed by atoms with Gasteiger partial charge in [-0.3, -0.25) is 0 Å². The first-order valence-corrected chi connectivity index (χ1v) is 4.61. The molecule has 1 aromatic rings. The van der Waals surface area contributed by atoms with Gasteiger partial charge in [0.15, 0.2) is 5.01 Å². The summed E-state index contributed by atoms with van der Waals surface area (Å²) in [5.74, 6) is 0. The van der Waals surface area contributed by atoms with Crippen LogP contribution < -0.4 is 0 Å². The fourth-order valence-electron chi connectivity index (χ4n) is 0.673. The highest BCUT2D eigenvalue weighted by Crippen LogP contribution is 2.23. The molecule has 0 aromatic carbocycles. The van der Waals surface area contributed by atoms with E-state index >= 15 is 0 Å². The van der Waals surface area contributed by atoms with Crippen LogP contribution in [0.2, 0.25) is 0 Å². The van der Waals surface area contributed by atoms with E-state index in [0.29, 0.717) is 0 Å². The van der Waals surface area contributed by atoms with Crippen LogP contribution in [0.3, 0.4) is 0 Å². The first-order valence-electron chi connectivity index (χ1n) is 2.94. The first-order chi connectivity index (χ1) is 5.27. The van der Waals surface area contributed by atoms with E-state index in [1.165, 1.54) is 11.3 Å². The Balaban J connectivity index is 2.73. The molecule has 5 heteroatoms. The van der Waals surface area contributed by atoms with Gasteiger partial charge < -0.3 is 9.47 Å². The lowest BCUT2D eigenvalue weighted by Crippen LogP contribution is -2.02. The molecule has 0 saturated carbocycles. The number of methoxy groups -OCH3 is 2. The van der Waals surface area contributed by atoms with Crippen LogP contribution in [0.1, 0.15) is 11.3 Å². The number of aromatic nitrogens is 1. The smallest absolute Gasteiger partial charge is 0.210 e. The molecule has 0 fully saturated rings. The summed E-state index contributed by atoms with van der Waals surface area (Å²) in [4.78, 5) is 4.14. The maximum Gasteiger partial charge on any atom is 0.210 e. The average molecular weight is 238 g/mol. The van der Waals surface area contributed by atoms with Crippen LogP contribution in [0.4, 0.5) is 0 Å². The van der Waals surface area contributed by atoms with E-state index in [1.807, 2.05) is 5.38 Å². The lowest BCUT2D eigenvalue weighted by molar-refractivity contribution is -0.106. The Morgan fingerprint density at radius 3 is 2.55 bits per heavy atom. The Morgan fingerprint density at radius 2 is 2.18 bits per heavy atom. The summed E-state index contributed by atoms with van der Waals surface area (Å²) in [6.45, 7) is 0. The van der Waals surface area contributed by atoms with Gasteiger partial charge in [0.1, 0.15) is 4.60 Å². The summed E-state index contributed by atoms with van der Waals surface area (Å²) in [5.41, 5.74) is 0. The lowest BCUT2D eigenvalue weighted by atomic mass is 10.7. The van der Waals surface area contributed by atoms with Gasteiger partial charge in [0.2, 0.25) is 6.29 Å². The monoisotopic (exact) mass is 237 g/mol. The van der Waals surface area contributed by atoms with Gasteiger partial charge in [0.25, 0.3) is 0 Å². The highest BCUT2D eigenvalue weighted by atomic mass is 79.9. The molecule has 11 heavy (non-hydrogen) atoms. The van der Waals surface area contributed by atoms with Crippen molar-refractivity contribution in [3.05, 3.63) is 15.0 Å². The molecule has 1 heterocycles. The second kappa shape index (κ2) is 4.15. The summed E-state index contributed by atoms with van der Waals surface area (Å²) < 4.78 is 10.8. The summed E-state index contributed by atoms with van der Waals surface area (Å²) in [5, 5.41) is 2.71. The van der Waals surface area contributed by atoms with Gasteiger partial charge in [-0.05, 0) is 15.9 Å². The van der Waals surface area contributed by atoms with Crippen molar-refractivity contribution in [2.45, 2.75) is 6.29 Å². The highest BCUT2D eigenvalue weighted by Gasteiger charge is 2.12. The molecule has 3 nitrogen and oxygen atoms in total. The number of hydrogen-bond acceptors (Lipinski definition) is 4. The number of rotatable bonds is 3. The Morgan fingerprint density at radius 1 is 1.55 bits per heavy atom. The average Bonchev–Trinajstić information content (AvgIpc) is 2.39. The fraction of sp³-hybridized carbons (Fsp3) is 0.500. The van der Waals surface area contributed by atoms with Crippen LogP contribution in [-0.4, -0.2) is 19.2 Å². The first kappa shape index (κ1) is 9.12. The van der Waals surface area contributed by atoms with Crippen molar-refractivity contribution in [1.82, 2.24) is 4.98 Å². The number of ether oxygens (including phenoxy) is 2. The minimum absolute atomic E-state index is 0.341. The quantitative estimate of drug-likeness (QED) is 0.756. The van der Waals surface area contributed by atoms with E-state index in [4.69, 9.17) is 9.47 Å². The third kappa shape index (κ3) is 2.23. The molecule has 0 saturated heterocycles. The van der Waals surface area contributed by atoms with Gasteiger partial charge in [-0.1, -0.05) is 0 Å². The maximum absolute atomic E-state index is 5.00. The molecule has 1 rings (SSSR count). The molecular formula is C6H8BrNO2S. The van der Waals surface area contributed by atoms with Crippen LogP contribution in [0.5, 0.6) is 0 Å². The molecule has 0 bridgehead atoms.